The van der Waals surface area contributed by atoms with E-state index in [0.29, 0.717) is 18.0 Å². The molecule has 0 saturated carbocycles. The summed E-state index contributed by atoms with van der Waals surface area (Å²) in [6.45, 7) is 0.540. The Morgan fingerprint density at radius 3 is 3.00 bits per heavy atom. The number of nitrogens with one attached hydrogen (secondary N) is 1. The average Bonchev–Trinajstić information content (AvgIpc) is 2.15. The Labute approximate surface area is 75.8 Å². The van der Waals surface area contributed by atoms with Crippen LogP contribution < -0.4 is 5.32 Å². The normalized spacial score (nSPS) is 9.42. The first-order chi connectivity index (χ1) is 5.84. The van der Waals surface area contributed by atoms with Crippen molar-refractivity contribution in [3.05, 3.63) is 24.3 Å². The van der Waals surface area contributed by atoms with Gasteiger partial charge in [0.05, 0.1) is 6.20 Å². The van der Waals surface area contributed by atoms with Crippen LogP contribution in [0.25, 0.3) is 0 Å². The minimum atomic E-state index is -0.211. The van der Waals surface area contributed by atoms with Crippen molar-refractivity contribution in [3.8, 4) is 0 Å². The standard InChI is InChI=1S/C7H9N3OS/c11-7(10-3-4-12)6-5-8-1-2-9-6/h1-2,5,12H,3-4H2,(H,10,11). The van der Waals surface area contributed by atoms with Crippen molar-refractivity contribution in [3.63, 3.8) is 0 Å². The minimum absolute atomic E-state index is 0.211. The fourth-order valence-electron chi connectivity index (χ4n) is 0.676. The largest absolute Gasteiger partial charge is 0.350 e. The Bertz CT molecular complexity index is 252. The molecule has 1 rings (SSSR count). The van der Waals surface area contributed by atoms with Crippen molar-refractivity contribution in [2.45, 2.75) is 0 Å². The van der Waals surface area contributed by atoms with Gasteiger partial charge in [-0.1, -0.05) is 0 Å². The van der Waals surface area contributed by atoms with Crippen LogP contribution in [0.2, 0.25) is 0 Å². The van der Waals surface area contributed by atoms with Gasteiger partial charge in [0.2, 0.25) is 0 Å². The van der Waals surface area contributed by atoms with E-state index < -0.39 is 0 Å². The van der Waals surface area contributed by atoms with E-state index in [1.807, 2.05) is 0 Å². The van der Waals surface area contributed by atoms with Gasteiger partial charge in [0.15, 0.2) is 0 Å². The third kappa shape index (κ3) is 2.50. The number of aromatic nitrogens is 2. The number of carbonyl (C=O) groups is 1. The van der Waals surface area contributed by atoms with Crippen molar-refractivity contribution in [1.82, 2.24) is 15.3 Å². The summed E-state index contributed by atoms with van der Waals surface area (Å²) in [5.74, 6) is 0.406. The SMILES string of the molecule is O=C(NCCS)c1cnccn1. The van der Waals surface area contributed by atoms with E-state index in [0.717, 1.165) is 0 Å². The molecule has 1 N–H and O–H groups in total. The zero-order valence-corrected chi connectivity index (χ0v) is 7.29. The summed E-state index contributed by atoms with van der Waals surface area (Å²) in [7, 11) is 0. The van der Waals surface area contributed by atoms with Crippen molar-refractivity contribution < 1.29 is 4.79 Å². The van der Waals surface area contributed by atoms with Crippen molar-refractivity contribution in [2.24, 2.45) is 0 Å². The Morgan fingerprint density at radius 2 is 2.42 bits per heavy atom. The molecule has 0 aliphatic carbocycles. The minimum Gasteiger partial charge on any atom is -0.350 e. The second-order valence-electron chi connectivity index (χ2n) is 2.07. The van der Waals surface area contributed by atoms with Crippen LogP contribution in [0.4, 0.5) is 0 Å². The predicted molar refractivity (Wildman–Crippen MR) is 48.2 cm³/mol. The Kier molecular flexibility index (Phi) is 3.53. The summed E-state index contributed by atoms with van der Waals surface area (Å²) >= 11 is 3.96. The van der Waals surface area contributed by atoms with E-state index in [9.17, 15) is 4.79 Å². The lowest BCUT2D eigenvalue weighted by atomic mass is 10.4. The van der Waals surface area contributed by atoms with Crippen LogP contribution in [0.5, 0.6) is 0 Å². The van der Waals surface area contributed by atoms with E-state index in [2.05, 4.69) is 27.9 Å². The maximum atomic E-state index is 11.2. The zero-order chi connectivity index (χ0) is 8.81. The van der Waals surface area contributed by atoms with Gasteiger partial charge in [0.1, 0.15) is 5.69 Å². The molecule has 0 atom stereocenters. The molecule has 5 heteroatoms. The molecule has 0 bridgehead atoms. The molecule has 64 valence electrons. The number of nitrogens with zero attached hydrogens (tertiary/aromatic N) is 2. The second-order valence-corrected chi connectivity index (χ2v) is 2.52. The highest BCUT2D eigenvalue weighted by atomic mass is 32.1. The lowest BCUT2D eigenvalue weighted by Gasteiger charge is -2.00. The van der Waals surface area contributed by atoms with Gasteiger partial charge in [0.25, 0.3) is 5.91 Å². The third-order valence-corrected chi connectivity index (χ3v) is 1.42. The number of hydrogen-bond acceptors (Lipinski definition) is 4. The first-order valence-electron chi connectivity index (χ1n) is 3.49. The van der Waals surface area contributed by atoms with Gasteiger partial charge in [-0.05, 0) is 0 Å². The van der Waals surface area contributed by atoms with Crippen LogP contribution in [0, 0.1) is 0 Å². The van der Waals surface area contributed by atoms with Gasteiger partial charge in [-0.25, -0.2) is 4.98 Å². The van der Waals surface area contributed by atoms with Crippen LogP contribution in [-0.4, -0.2) is 28.2 Å². The van der Waals surface area contributed by atoms with Gasteiger partial charge >= 0.3 is 0 Å². The molecule has 0 aliphatic rings. The highest BCUT2D eigenvalue weighted by molar-refractivity contribution is 7.80. The first-order valence-corrected chi connectivity index (χ1v) is 4.13. The third-order valence-electron chi connectivity index (χ3n) is 1.19. The monoisotopic (exact) mass is 183 g/mol. The summed E-state index contributed by atoms with van der Waals surface area (Å²) in [4.78, 5) is 18.8. The van der Waals surface area contributed by atoms with E-state index in [1.54, 1.807) is 0 Å². The number of amides is 1. The molecule has 1 aromatic heterocycles. The molecule has 12 heavy (non-hydrogen) atoms. The topological polar surface area (TPSA) is 54.9 Å². The van der Waals surface area contributed by atoms with Gasteiger partial charge in [0, 0.05) is 24.7 Å². The summed E-state index contributed by atoms with van der Waals surface area (Å²) in [6, 6.07) is 0. The molecule has 4 nitrogen and oxygen atoms in total. The van der Waals surface area contributed by atoms with E-state index >= 15 is 0 Å². The highest BCUT2D eigenvalue weighted by Gasteiger charge is 2.03. The van der Waals surface area contributed by atoms with Gasteiger partial charge in [-0.15, -0.1) is 0 Å². The highest BCUT2D eigenvalue weighted by Crippen LogP contribution is 1.88. The number of thiol groups is 1. The molecule has 1 amide bonds. The van der Waals surface area contributed by atoms with Crippen LogP contribution >= 0.6 is 12.6 Å². The second kappa shape index (κ2) is 4.71. The molecule has 0 fully saturated rings. The van der Waals surface area contributed by atoms with E-state index in [4.69, 9.17) is 0 Å². The van der Waals surface area contributed by atoms with Crippen molar-refractivity contribution in [1.29, 1.82) is 0 Å². The van der Waals surface area contributed by atoms with E-state index in [1.165, 1.54) is 18.6 Å². The molecule has 0 aromatic carbocycles. The first kappa shape index (κ1) is 8.99. The molecule has 0 saturated heterocycles. The van der Waals surface area contributed by atoms with Crippen LogP contribution in [-0.2, 0) is 0 Å². The Morgan fingerprint density at radius 1 is 1.58 bits per heavy atom. The van der Waals surface area contributed by atoms with Gasteiger partial charge < -0.3 is 5.32 Å². The van der Waals surface area contributed by atoms with Crippen molar-refractivity contribution >= 4 is 18.5 Å². The molecule has 0 radical (unpaired) electrons. The van der Waals surface area contributed by atoms with Crippen LogP contribution in [0.3, 0.4) is 0 Å². The van der Waals surface area contributed by atoms with E-state index in [-0.39, 0.29) is 5.91 Å². The van der Waals surface area contributed by atoms with Crippen LogP contribution in [0.15, 0.2) is 18.6 Å². The summed E-state index contributed by atoms with van der Waals surface area (Å²) in [5.41, 5.74) is 0.333. The molecule has 0 unspecified atom stereocenters. The molecule has 0 aliphatic heterocycles. The number of rotatable bonds is 3. The number of carbonyl (C=O) groups excluding carboxylic acids is 1. The Hall–Kier alpha value is -1.10. The summed E-state index contributed by atoms with van der Waals surface area (Å²) < 4.78 is 0. The fourth-order valence-corrected chi connectivity index (χ4v) is 0.788. The maximum absolute atomic E-state index is 11.2. The fraction of sp³-hybridized carbons (Fsp3) is 0.286. The maximum Gasteiger partial charge on any atom is 0.271 e. The summed E-state index contributed by atoms with van der Waals surface area (Å²) in [5, 5.41) is 2.63. The Balaban J connectivity index is 2.54. The number of hydrogen-bond donors (Lipinski definition) is 2. The van der Waals surface area contributed by atoms with Gasteiger partial charge in [-0.3, -0.25) is 9.78 Å². The summed E-state index contributed by atoms with van der Waals surface area (Å²) in [6.07, 6.45) is 4.43. The van der Waals surface area contributed by atoms with Crippen molar-refractivity contribution in [2.75, 3.05) is 12.3 Å². The lowest BCUT2D eigenvalue weighted by Crippen LogP contribution is -2.26. The quantitative estimate of drug-likeness (QED) is 0.655. The lowest BCUT2D eigenvalue weighted by molar-refractivity contribution is 0.0951. The molecular weight excluding hydrogens is 174 g/mol. The molecule has 1 aromatic rings. The van der Waals surface area contributed by atoms with Crippen LogP contribution in [0.1, 0.15) is 10.5 Å². The molecular formula is C7H9N3OS. The zero-order valence-electron chi connectivity index (χ0n) is 6.40. The predicted octanol–water partition coefficient (Wildman–Crippen LogP) is 0.136. The van der Waals surface area contributed by atoms with Gasteiger partial charge in [-0.2, -0.15) is 12.6 Å². The molecule has 0 spiro atoms. The smallest absolute Gasteiger partial charge is 0.271 e. The molecule has 1 heterocycles. The average molecular weight is 183 g/mol.